The largest absolute Gasteiger partial charge is 0.573 e. The highest BCUT2D eigenvalue weighted by atomic mass is 35.5. The first-order valence-corrected chi connectivity index (χ1v) is 5.76. The van der Waals surface area contributed by atoms with Crippen molar-refractivity contribution in [3.8, 4) is 11.5 Å². The number of para-hydroxylation sites is 2. The van der Waals surface area contributed by atoms with Crippen LogP contribution in [0.2, 0.25) is 5.15 Å². The summed E-state index contributed by atoms with van der Waals surface area (Å²) in [6.45, 7) is -0.0532. The number of hydrogen-bond acceptors (Lipinski definition) is 4. The lowest BCUT2D eigenvalue weighted by Gasteiger charge is -2.13. The first-order valence-electron chi connectivity index (χ1n) is 5.38. The molecule has 0 amide bonds. The van der Waals surface area contributed by atoms with Gasteiger partial charge in [-0.1, -0.05) is 23.7 Å². The van der Waals surface area contributed by atoms with Gasteiger partial charge in [-0.05, 0) is 12.1 Å². The number of nitrogens with zero attached hydrogens (tertiary/aromatic N) is 2. The van der Waals surface area contributed by atoms with E-state index in [1.165, 1.54) is 30.6 Å². The Morgan fingerprint density at radius 3 is 2.35 bits per heavy atom. The third kappa shape index (κ3) is 4.27. The molecule has 8 heteroatoms. The van der Waals surface area contributed by atoms with Gasteiger partial charge in [-0.25, -0.2) is 4.98 Å². The van der Waals surface area contributed by atoms with E-state index in [-0.39, 0.29) is 17.5 Å². The third-order valence-corrected chi connectivity index (χ3v) is 2.32. The van der Waals surface area contributed by atoms with E-state index in [9.17, 15) is 13.2 Å². The van der Waals surface area contributed by atoms with Crippen molar-refractivity contribution in [2.45, 2.75) is 13.0 Å². The molecule has 0 radical (unpaired) electrons. The maximum absolute atomic E-state index is 12.2. The van der Waals surface area contributed by atoms with Crippen molar-refractivity contribution in [2.24, 2.45) is 0 Å². The SMILES string of the molecule is FC(F)(F)Oc1ccccc1OCc1cnc(Cl)cn1. The zero-order valence-electron chi connectivity index (χ0n) is 9.89. The predicted octanol–water partition coefficient (Wildman–Crippen LogP) is 3.61. The second-order valence-corrected chi connectivity index (χ2v) is 4.00. The fraction of sp³-hybridized carbons (Fsp3) is 0.167. The van der Waals surface area contributed by atoms with Gasteiger partial charge in [0, 0.05) is 0 Å². The fourth-order valence-electron chi connectivity index (χ4n) is 1.34. The number of benzene rings is 1. The molecule has 0 saturated heterocycles. The quantitative estimate of drug-likeness (QED) is 0.865. The first-order chi connectivity index (χ1) is 9.44. The first kappa shape index (κ1) is 14.4. The number of ether oxygens (including phenoxy) is 2. The summed E-state index contributed by atoms with van der Waals surface area (Å²) in [6.07, 6.45) is -2.09. The molecule has 4 nitrogen and oxygen atoms in total. The molecule has 0 spiro atoms. The normalized spacial score (nSPS) is 11.2. The minimum atomic E-state index is -4.78. The molecule has 1 heterocycles. The Bertz CT molecular complexity index is 576. The van der Waals surface area contributed by atoms with E-state index in [4.69, 9.17) is 16.3 Å². The molecule has 0 fully saturated rings. The van der Waals surface area contributed by atoms with E-state index >= 15 is 0 Å². The molecule has 2 rings (SSSR count). The molecule has 0 atom stereocenters. The van der Waals surface area contributed by atoms with Gasteiger partial charge in [0.1, 0.15) is 11.8 Å². The molecule has 2 aromatic rings. The molecule has 20 heavy (non-hydrogen) atoms. The van der Waals surface area contributed by atoms with E-state index < -0.39 is 12.1 Å². The van der Waals surface area contributed by atoms with E-state index in [0.717, 1.165) is 6.07 Å². The van der Waals surface area contributed by atoms with Crippen LogP contribution in [0.25, 0.3) is 0 Å². The van der Waals surface area contributed by atoms with Gasteiger partial charge in [-0.2, -0.15) is 0 Å². The van der Waals surface area contributed by atoms with E-state index in [1.807, 2.05) is 0 Å². The maximum Gasteiger partial charge on any atom is 0.573 e. The molecular formula is C12H8ClF3N2O2. The summed E-state index contributed by atoms with van der Waals surface area (Å²) in [5.41, 5.74) is 0.427. The summed E-state index contributed by atoms with van der Waals surface area (Å²) >= 11 is 5.57. The van der Waals surface area contributed by atoms with Gasteiger partial charge in [0.2, 0.25) is 0 Å². The number of rotatable bonds is 4. The Hall–Kier alpha value is -2.02. The maximum atomic E-state index is 12.2. The number of halogens is 4. The number of alkyl halides is 3. The van der Waals surface area contributed by atoms with Gasteiger partial charge in [-0.15, -0.1) is 13.2 Å². The number of hydrogen-bond donors (Lipinski definition) is 0. The summed E-state index contributed by atoms with van der Waals surface area (Å²) < 4.78 is 45.7. The highest BCUT2D eigenvalue weighted by Gasteiger charge is 2.32. The average Bonchev–Trinajstić information content (AvgIpc) is 2.38. The van der Waals surface area contributed by atoms with Crippen molar-refractivity contribution in [1.29, 1.82) is 0 Å². The molecule has 1 aromatic carbocycles. The lowest BCUT2D eigenvalue weighted by Crippen LogP contribution is -2.17. The fourth-order valence-corrected chi connectivity index (χ4v) is 1.44. The zero-order chi connectivity index (χ0) is 14.6. The molecular weight excluding hydrogens is 297 g/mol. The lowest BCUT2D eigenvalue weighted by atomic mass is 10.3. The molecule has 106 valence electrons. The highest BCUT2D eigenvalue weighted by molar-refractivity contribution is 6.29. The van der Waals surface area contributed by atoms with Crippen LogP contribution in [0.5, 0.6) is 11.5 Å². The Balaban J connectivity index is 2.07. The minimum absolute atomic E-state index is 0.0402. The minimum Gasteiger partial charge on any atom is -0.483 e. The summed E-state index contributed by atoms with van der Waals surface area (Å²) in [7, 11) is 0. The van der Waals surface area contributed by atoms with Crippen molar-refractivity contribution in [3.63, 3.8) is 0 Å². The Labute approximate surface area is 117 Å². The number of aromatic nitrogens is 2. The second-order valence-electron chi connectivity index (χ2n) is 3.61. The highest BCUT2D eigenvalue weighted by Crippen LogP contribution is 2.32. The van der Waals surface area contributed by atoms with Gasteiger partial charge in [-0.3, -0.25) is 4.98 Å². The molecule has 0 bridgehead atoms. The zero-order valence-corrected chi connectivity index (χ0v) is 10.6. The van der Waals surface area contributed by atoms with Crippen molar-refractivity contribution < 1.29 is 22.6 Å². The van der Waals surface area contributed by atoms with Crippen LogP contribution < -0.4 is 9.47 Å². The topological polar surface area (TPSA) is 44.2 Å². The van der Waals surface area contributed by atoms with Crippen molar-refractivity contribution >= 4 is 11.6 Å². The summed E-state index contributed by atoms with van der Waals surface area (Å²) in [5.74, 6) is -0.455. The Morgan fingerprint density at radius 2 is 1.75 bits per heavy atom. The molecule has 0 aliphatic heterocycles. The molecule has 0 N–H and O–H groups in total. The van der Waals surface area contributed by atoms with Gasteiger partial charge < -0.3 is 9.47 Å². The Morgan fingerprint density at radius 1 is 1.05 bits per heavy atom. The van der Waals surface area contributed by atoms with E-state index in [0.29, 0.717) is 5.69 Å². The molecule has 0 aliphatic rings. The Kier molecular flexibility index (Phi) is 4.29. The molecule has 0 saturated carbocycles. The van der Waals surface area contributed by atoms with Crippen LogP contribution in [0.3, 0.4) is 0 Å². The van der Waals surface area contributed by atoms with E-state index in [2.05, 4.69) is 14.7 Å². The standard InChI is InChI=1S/C12H8ClF3N2O2/c13-11-6-17-8(5-18-11)7-19-9-3-1-2-4-10(9)20-12(14,15)16/h1-6H,7H2. The third-order valence-electron chi connectivity index (χ3n) is 2.12. The van der Waals surface area contributed by atoms with Crippen LogP contribution in [0.1, 0.15) is 5.69 Å². The smallest absolute Gasteiger partial charge is 0.483 e. The van der Waals surface area contributed by atoms with Gasteiger partial charge in [0.25, 0.3) is 0 Å². The predicted molar refractivity (Wildman–Crippen MR) is 64.5 cm³/mol. The van der Waals surface area contributed by atoms with E-state index in [1.54, 1.807) is 0 Å². The van der Waals surface area contributed by atoms with Crippen LogP contribution in [0.4, 0.5) is 13.2 Å². The van der Waals surface area contributed by atoms with Gasteiger partial charge >= 0.3 is 6.36 Å². The van der Waals surface area contributed by atoms with Crippen molar-refractivity contribution in [2.75, 3.05) is 0 Å². The average molecular weight is 305 g/mol. The molecule has 0 aliphatic carbocycles. The van der Waals surface area contributed by atoms with Gasteiger partial charge in [0.05, 0.1) is 18.1 Å². The van der Waals surface area contributed by atoms with Crippen LogP contribution >= 0.6 is 11.6 Å². The van der Waals surface area contributed by atoms with Crippen molar-refractivity contribution in [3.05, 3.63) is 47.5 Å². The lowest BCUT2D eigenvalue weighted by molar-refractivity contribution is -0.275. The van der Waals surface area contributed by atoms with Crippen LogP contribution in [-0.2, 0) is 6.61 Å². The van der Waals surface area contributed by atoms with Crippen LogP contribution in [0.15, 0.2) is 36.7 Å². The van der Waals surface area contributed by atoms with Crippen LogP contribution in [-0.4, -0.2) is 16.3 Å². The summed E-state index contributed by atoms with van der Waals surface area (Å²) in [5, 5.41) is 0.217. The summed E-state index contributed by atoms with van der Waals surface area (Å²) in [4.78, 5) is 7.70. The van der Waals surface area contributed by atoms with Crippen molar-refractivity contribution in [1.82, 2.24) is 9.97 Å². The molecule has 1 aromatic heterocycles. The second kappa shape index (κ2) is 5.96. The molecule has 0 unspecified atom stereocenters. The summed E-state index contributed by atoms with van der Waals surface area (Å²) in [6, 6.07) is 5.48. The van der Waals surface area contributed by atoms with Crippen LogP contribution in [0, 0.1) is 0 Å². The van der Waals surface area contributed by atoms with Gasteiger partial charge in [0.15, 0.2) is 11.5 Å². The monoisotopic (exact) mass is 304 g/mol.